The molecule has 0 saturated heterocycles. The predicted molar refractivity (Wildman–Crippen MR) is 173 cm³/mol. The fourth-order valence-electron chi connectivity index (χ4n) is 5.43. The SMILES string of the molecule is CSCC[C@@H]1NC(=O)CCCN(C(=O)c2ccnc3ccccc23)CCn2nc(-c3ccccc3)nc2[C@@H](C(C)C)NC1=O. The van der Waals surface area contributed by atoms with Crippen molar-refractivity contribution < 1.29 is 14.4 Å². The number of aromatic nitrogens is 4. The van der Waals surface area contributed by atoms with Gasteiger partial charge in [-0.1, -0.05) is 62.4 Å². The van der Waals surface area contributed by atoms with Gasteiger partial charge in [-0.3, -0.25) is 19.4 Å². The van der Waals surface area contributed by atoms with Crippen molar-refractivity contribution >= 4 is 40.4 Å². The first kappa shape index (κ1) is 31.2. The van der Waals surface area contributed by atoms with Gasteiger partial charge in [-0.2, -0.15) is 16.9 Å². The largest absolute Gasteiger partial charge is 0.344 e. The summed E-state index contributed by atoms with van der Waals surface area (Å²) < 4.78 is 1.82. The zero-order valence-corrected chi connectivity index (χ0v) is 26.2. The zero-order valence-electron chi connectivity index (χ0n) is 25.4. The number of rotatable bonds is 6. The van der Waals surface area contributed by atoms with Gasteiger partial charge in [0.1, 0.15) is 6.04 Å². The molecule has 10 nitrogen and oxygen atoms in total. The second-order valence-corrected chi connectivity index (χ2v) is 12.3. The lowest BCUT2D eigenvalue weighted by Crippen LogP contribution is -2.49. The van der Waals surface area contributed by atoms with Gasteiger partial charge < -0.3 is 15.5 Å². The molecular weight excluding hydrogens is 574 g/mol. The number of thioether (sulfide) groups is 1. The Labute approximate surface area is 262 Å². The van der Waals surface area contributed by atoms with Crippen LogP contribution in [0.1, 0.15) is 55.3 Å². The van der Waals surface area contributed by atoms with Gasteiger partial charge in [0.15, 0.2) is 11.6 Å². The third-order valence-electron chi connectivity index (χ3n) is 7.82. The zero-order chi connectivity index (χ0) is 31.1. The Morgan fingerprint density at radius 1 is 1.00 bits per heavy atom. The number of pyridine rings is 1. The van der Waals surface area contributed by atoms with Crippen LogP contribution >= 0.6 is 11.8 Å². The Hall–Kier alpha value is -4.25. The van der Waals surface area contributed by atoms with Gasteiger partial charge in [-0.05, 0) is 42.9 Å². The molecule has 0 bridgehead atoms. The third kappa shape index (κ3) is 7.27. The highest BCUT2D eigenvalue weighted by molar-refractivity contribution is 7.98. The van der Waals surface area contributed by atoms with Crippen LogP contribution in [0.25, 0.3) is 22.3 Å². The molecule has 5 rings (SSSR count). The normalized spacial score (nSPS) is 18.4. The molecule has 2 N–H and O–H groups in total. The highest BCUT2D eigenvalue weighted by atomic mass is 32.2. The van der Waals surface area contributed by atoms with Crippen molar-refractivity contribution in [2.75, 3.05) is 25.1 Å². The molecule has 2 aromatic heterocycles. The van der Waals surface area contributed by atoms with E-state index < -0.39 is 12.1 Å². The number of amides is 3. The lowest BCUT2D eigenvalue weighted by atomic mass is 10.0. The monoisotopic (exact) mass is 613 g/mol. The first-order chi connectivity index (χ1) is 21.4. The maximum atomic E-state index is 14.1. The summed E-state index contributed by atoms with van der Waals surface area (Å²) in [7, 11) is 0. The first-order valence-corrected chi connectivity index (χ1v) is 16.5. The topological polar surface area (TPSA) is 122 Å². The Kier molecular flexibility index (Phi) is 10.3. The Bertz CT molecular complexity index is 1600. The first-order valence-electron chi connectivity index (χ1n) is 15.1. The molecular formula is C33H39N7O3S. The van der Waals surface area contributed by atoms with Gasteiger partial charge >= 0.3 is 0 Å². The summed E-state index contributed by atoms with van der Waals surface area (Å²) in [6.45, 7) is 5.12. The Morgan fingerprint density at radius 2 is 1.77 bits per heavy atom. The van der Waals surface area contributed by atoms with Gasteiger partial charge in [0, 0.05) is 36.7 Å². The van der Waals surface area contributed by atoms with Gasteiger partial charge in [0.2, 0.25) is 11.8 Å². The number of nitrogens with zero attached hydrogens (tertiary/aromatic N) is 5. The van der Waals surface area contributed by atoms with E-state index in [0.717, 1.165) is 22.2 Å². The maximum Gasteiger partial charge on any atom is 0.254 e. The number of nitrogens with one attached hydrogen (secondary N) is 2. The van der Waals surface area contributed by atoms with Gasteiger partial charge in [0.25, 0.3) is 5.91 Å². The van der Waals surface area contributed by atoms with Crippen LogP contribution in [0, 0.1) is 5.92 Å². The number of hydrogen-bond donors (Lipinski definition) is 2. The number of para-hydroxylation sites is 1. The molecule has 2 atom stereocenters. The van der Waals surface area contributed by atoms with Crippen molar-refractivity contribution in [2.24, 2.45) is 5.92 Å². The minimum Gasteiger partial charge on any atom is -0.344 e. The molecule has 0 spiro atoms. The molecule has 1 aliphatic heterocycles. The van der Waals surface area contributed by atoms with E-state index in [9.17, 15) is 14.4 Å². The summed E-state index contributed by atoms with van der Waals surface area (Å²) in [5, 5.41) is 11.8. The lowest BCUT2D eigenvalue weighted by molar-refractivity contribution is -0.129. The molecule has 0 aliphatic carbocycles. The summed E-state index contributed by atoms with van der Waals surface area (Å²) >= 11 is 1.63. The molecule has 1 aliphatic rings. The number of benzene rings is 2. The van der Waals surface area contributed by atoms with E-state index >= 15 is 0 Å². The molecule has 44 heavy (non-hydrogen) atoms. The van der Waals surface area contributed by atoms with Gasteiger partial charge in [-0.25, -0.2) is 9.67 Å². The van der Waals surface area contributed by atoms with Crippen molar-refractivity contribution in [3.63, 3.8) is 0 Å². The third-order valence-corrected chi connectivity index (χ3v) is 8.46. The lowest BCUT2D eigenvalue weighted by Gasteiger charge is -2.28. The summed E-state index contributed by atoms with van der Waals surface area (Å²) in [6, 6.07) is 17.9. The van der Waals surface area contributed by atoms with Crippen LogP contribution in [-0.2, 0) is 16.1 Å². The van der Waals surface area contributed by atoms with Crippen LogP contribution in [0.2, 0.25) is 0 Å². The minimum absolute atomic E-state index is 0.0174. The van der Waals surface area contributed by atoms with E-state index in [1.165, 1.54) is 0 Å². The highest BCUT2D eigenvalue weighted by Crippen LogP contribution is 2.25. The smallest absolute Gasteiger partial charge is 0.254 e. The van der Waals surface area contributed by atoms with Gasteiger partial charge in [-0.15, -0.1) is 0 Å². The van der Waals surface area contributed by atoms with Crippen molar-refractivity contribution in [2.45, 2.75) is 51.7 Å². The Balaban J connectivity index is 1.54. The van der Waals surface area contributed by atoms with Crippen LogP contribution in [0.15, 0.2) is 66.9 Å². The van der Waals surface area contributed by atoms with Crippen molar-refractivity contribution in [3.05, 3.63) is 78.2 Å². The Morgan fingerprint density at radius 3 is 2.55 bits per heavy atom. The fourth-order valence-corrected chi connectivity index (χ4v) is 5.90. The molecule has 2 aromatic carbocycles. The van der Waals surface area contributed by atoms with Crippen LogP contribution in [-0.4, -0.2) is 73.5 Å². The summed E-state index contributed by atoms with van der Waals surface area (Å²) in [6.07, 6.45) is 4.78. The molecule has 11 heteroatoms. The summed E-state index contributed by atoms with van der Waals surface area (Å²) in [4.78, 5) is 51.8. The number of fused-ring (bicyclic) bond motifs is 2. The molecule has 0 unspecified atom stereocenters. The predicted octanol–water partition coefficient (Wildman–Crippen LogP) is 4.48. The standard InChI is InChI=1S/C33H39N7O3S/c1-22(2)29-31-37-30(23-10-5-4-6-11-23)38-40(31)20-19-39(33(43)25-15-17-34-26-13-8-7-12-24(25)26)18-9-14-28(41)35-27(16-21-44-3)32(42)36-29/h4-8,10-13,15,17,22,27,29H,9,14,16,18-21H2,1-3H3,(H,35,41)(H,36,42)/t27-,29+/m0/s1. The van der Waals surface area contributed by atoms with E-state index in [1.54, 1.807) is 28.9 Å². The van der Waals surface area contributed by atoms with Gasteiger partial charge in [0.05, 0.1) is 23.7 Å². The van der Waals surface area contributed by atoms with Crippen LogP contribution in [0.5, 0.6) is 0 Å². The molecule has 0 radical (unpaired) electrons. The molecule has 0 fully saturated rings. The van der Waals surface area contributed by atoms with E-state index in [2.05, 4.69) is 15.6 Å². The van der Waals surface area contributed by atoms with Crippen LogP contribution in [0.4, 0.5) is 0 Å². The number of hydrogen-bond acceptors (Lipinski definition) is 7. The van der Waals surface area contributed by atoms with E-state index in [1.807, 2.05) is 79.4 Å². The fraction of sp³-hybridized carbons (Fsp3) is 0.394. The van der Waals surface area contributed by atoms with Crippen molar-refractivity contribution in [3.8, 4) is 11.4 Å². The van der Waals surface area contributed by atoms with E-state index in [-0.39, 0.29) is 30.1 Å². The van der Waals surface area contributed by atoms with Crippen LogP contribution in [0.3, 0.4) is 0 Å². The molecule has 0 saturated carbocycles. The molecule has 3 heterocycles. The molecule has 3 amide bonds. The van der Waals surface area contributed by atoms with Crippen LogP contribution < -0.4 is 10.6 Å². The minimum atomic E-state index is -0.676. The average molecular weight is 614 g/mol. The van der Waals surface area contributed by atoms with E-state index in [4.69, 9.17) is 10.1 Å². The summed E-state index contributed by atoms with van der Waals surface area (Å²) in [5.74, 6) is 1.29. The number of carbonyl (C=O) groups is 3. The maximum absolute atomic E-state index is 14.1. The van der Waals surface area contributed by atoms with Crippen molar-refractivity contribution in [1.82, 2.24) is 35.3 Å². The highest BCUT2D eigenvalue weighted by Gasteiger charge is 2.30. The second kappa shape index (κ2) is 14.5. The molecule has 230 valence electrons. The van der Waals surface area contributed by atoms with Crippen molar-refractivity contribution in [1.29, 1.82) is 0 Å². The average Bonchev–Trinajstić information content (AvgIpc) is 3.46. The summed E-state index contributed by atoms with van der Waals surface area (Å²) in [5.41, 5.74) is 2.17. The molecule has 4 aromatic rings. The number of carbonyl (C=O) groups excluding carboxylic acids is 3. The second-order valence-electron chi connectivity index (χ2n) is 11.3. The van der Waals surface area contributed by atoms with E-state index in [0.29, 0.717) is 49.7 Å². The quantitative estimate of drug-likeness (QED) is 0.329.